The first-order valence-corrected chi connectivity index (χ1v) is 8.86. The van der Waals surface area contributed by atoms with Gasteiger partial charge in [0, 0.05) is 43.1 Å². The third-order valence-electron chi connectivity index (χ3n) is 4.72. The first-order chi connectivity index (χ1) is 13.4. The van der Waals surface area contributed by atoms with Crippen molar-refractivity contribution in [2.75, 3.05) is 25.6 Å². The Bertz CT molecular complexity index is 1060. The van der Waals surface area contributed by atoms with Crippen LogP contribution in [0.2, 0.25) is 0 Å². The number of hydrogen-bond donors (Lipinski definition) is 1. The number of ether oxygens (including phenoxy) is 2. The summed E-state index contributed by atoms with van der Waals surface area (Å²) in [7, 11) is 1.52. The third-order valence-corrected chi connectivity index (χ3v) is 4.72. The van der Waals surface area contributed by atoms with E-state index < -0.39 is 5.67 Å². The van der Waals surface area contributed by atoms with Crippen LogP contribution in [-0.4, -0.2) is 46.0 Å². The minimum absolute atomic E-state index is 0.0396. The lowest BCUT2D eigenvalue weighted by atomic mass is 10.0. The Morgan fingerprint density at radius 3 is 2.89 bits per heavy atom. The van der Waals surface area contributed by atoms with E-state index in [4.69, 9.17) is 9.47 Å². The minimum atomic E-state index is -1.66. The number of methoxy groups -OCH3 is 1. The molecule has 8 nitrogen and oxygen atoms in total. The average molecular weight is 385 g/mol. The smallest absolute Gasteiger partial charge is 0.222 e. The second-order valence-corrected chi connectivity index (χ2v) is 6.78. The number of alkyl halides is 1. The van der Waals surface area contributed by atoms with E-state index in [1.54, 1.807) is 29.1 Å². The molecular weight excluding hydrogens is 365 g/mol. The molecule has 3 aromatic rings. The number of pyridine rings is 2. The molecular formula is C19H20FN5O3. The van der Waals surface area contributed by atoms with Crippen LogP contribution in [0.1, 0.15) is 24.7 Å². The summed E-state index contributed by atoms with van der Waals surface area (Å²) in [5, 5.41) is 8.00. The Balaban J connectivity index is 1.88. The summed E-state index contributed by atoms with van der Waals surface area (Å²) in [5.74, 6) is 1.06. The number of anilines is 1. The molecule has 0 aromatic carbocycles. The van der Waals surface area contributed by atoms with Crippen LogP contribution in [0.25, 0.3) is 16.7 Å². The third kappa shape index (κ3) is 3.18. The van der Waals surface area contributed by atoms with Crippen molar-refractivity contribution in [1.82, 2.24) is 19.7 Å². The highest BCUT2D eigenvalue weighted by molar-refractivity contribution is 5.91. The van der Waals surface area contributed by atoms with Gasteiger partial charge in [0.15, 0.2) is 11.5 Å². The van der Waals surface area contributed by atoms with Crippen molar-refractivity contribution in [2.24, 2.45) is 0 Å². The van der Waals surface area contributed by atoms with Gasteiger partial charge in [-0.05, 0) is 6.92 Å². The molecule has 0 aliphatic carbocycles. The Kier molecular flexibility index (Phi) is 4.46. The molecule has 1 fully saturated rings. The van der Waals surface area contributed by atoms with E-state index >= 15 is 4.39 Å². The number of hydrogen-bond acceptors (Lipinski definition) is 6. The molecule has 0 spiro atoms. The quantitative estimate of drug-likeness (QED) is 0.743. The van der Waals surface area contributed by atoms with Crippen LogP contribution >= 0.6 is 0 Å². The SMILES string of the molecule is COc1cc(-n2nc(C)c3cnc(NC(C)=O)cc32)nc(C2(F)CCOC2)c1. The van der Waals surface area contributed by atoms with Gasteiger partial charge in [0.2, 0.25) is 5.91 Å². The molecule has 28 heavy (non-hydrogen) atoms. The van der Waals surface area contributed by atoms with E-state index in [0.29, 0.717) is 29.5 Å². The Labute approximate surface area is 160 Å². The Hall–Kier alpha value is -3.07. The van der Waals surface area contributed by atoms with E-state index in [1.807, 2.05) is 6.92 Å². The zero-order valence-electron chi connectivity index (χ0n) is 15.8. The molecule has 1 N–H and O–H groups in total. The number of carbonyl (C=O) groups is 1. The maximum absolute atomic E-state index is 15.3. The number of carbonyl (C=O) groups excluding carboxylic acids is 1. The summed E-state index contributed by atoms with van der Waals surface area (Å²) in [6.07, 6.45) is 1.88. The highest BCUT2D eigenvalue weighted by Gasteiger charge is 2.39. The molecule has 4 rings (SSSR count). The summed E-state index contributed by atoms with van der Waals surface area (Å²) in [6, 6.07) is 4.98. The summed E-state index contributed by atoms with van der Waals surface area (Å²) in [4.78, 5) is 20.1. The normalized spacial score (nSPS) is 19.1. The first kappa shape index (κ1) is 18.3. The molecule has 3 aromatic heterocycles. The zero-order chi connectivity index (χ0) is 19.9. The molecule has 1 unspecified atom stereocenters. The van der Waals surface area contributed by atoms with E-state index in [9.17, 15) is 4.79 Å². The molecule has 0 bridgehead atoms. The van der Waals surface area contributed by atoms with Crippen molar-refractivity contribution in [2.45, 2.75) is 25.9 Å². The molecule has 1 aliphatic rings. The fourth-order valence-electron chi connectivity index (χ4n) is 3.27. The Morgan fingerprint density at radius 2 is 2.21 bits per heavy atom. The zero-order valence-corrected chi connectivity index (χ0v) is 15.8. The topological polar surface area (TPSA) is 91.2 Å². The molecule has 0 radical (unpaired) electrons. The number of fused-ring (bicyclic) bond motifs is 1. The second-order valence-electron chi connectivity index (χ2n) is 6.78. The van der Waals surface area contributed by atoms with Gasteiger partial charge in [0.25, 0.3) is 0 Å². The Morgan fingerprint density at radius 1 is 1.39 bits per heavy atom. The van der Waals surface area contributed by atoms with Crippen LogP contribution < -0.4 is 10.1 Å². The summed E-state index contributed by atoms with van der Waals surface area (Å²) in [6.45, 7) is 3.57. The first-order valence-electron chi connectivity index (χ1n) is 8.86. The summed E-state index contributed by atoms with van der Waals surface area (Å²) >= 11 is 0. The van der Waals surface area contributed by atoms with E-state index in [2.05, 4.69) is 20.4 Å². The lowest BCUT2D eigenvalue weighted by molar-refractivity contribution is -0.114. The van der Waals surface area contributed by atoms with Gasteiger partial charge < -0.3 is 14.8 Å². The van der Waals surface area contributed by atoms with Gasteiger partial charge in [0.1, 0.15) is 11.6 Å². The van der Waals surface area contributed by atoms with Gasteiger partial charge in [-0.1, -0.05) is 0 Å². The van der Waals surface area contributed by atoms with Crippen LogP contribution in [0.3, 0.4) is 0 Å². The van der Waals surface area contributed by atoms with Crippen LogP contribution in [0.5, 0.6) is 5.75 Å². The minimum Gasteiger partial charge on any atom is -0.497 e. The molecule has 9 heteroatoms. The molecule has 146 valence electrons. The van der Waals surface area contributed by atoms with Crippen molar-refractivity contribution >= 4 is 22.6 Å². The number of nitrogens with zero attached hydrogens (tertiary/aromatic N) is 4. The lowest BCUT2D eigenvalue weighted by Gasteiger charge is -2.18. The van der Waals surface area contributed by atoms with Gasteiger partial charge in [-0.3, -0.25) is 4.79 Å². The van der Waals surface area contributed by atoms with Crippen molar-refractivity contribution < 1.29 is 18.7 Å². The number of aryl methyl sites for hydroxylation is 1. The fourth-order valence-corrected chi connectivity index (χ4v) is 3.27. The maximum Gasteiger partial charge on any atom is 0.222 e. The second kappa shape index (κ2) is 6.83. The van der Waals surface area contributed by atoms with Crippen LogP contribution in [0.15, 0.2) is 24.4 Å². The van der Waals surface area contributed by atoms with Gasteiger partial charge >= 0.3 is 0 Å². The van der Waals surface area contributed by atoms with Crippen molar-refractivity contribution in [3.8, 4) is 11.6 Å². The lowest BCUT2D eigenvalue weighted by Crippen LogP contribution is -2.22. The molecule has 1 amide bonds. The highest BCUT2D eigenvalue weighted by atomic mass is 19.1. The predicted molar refractivity (Wildman–Crippen MR) is 100 cm³/mol. The van der Waals surface area contributed by atoms with Gasteiger partial charge in [-0.2, -0.15) is 5.10 Å². The number of aromatic nitrogens is 4. The standard InChI is InChI=1S/C19H20FN5O3/c1-11-14-9-21-17(22-12(2)26)8-15(14)25(24-11)18-7-13(27-3)6-16(23-18)19(20)4-5-28-10-19/h6-9H,4-5,10H2,1-3H3,(H,21,22,26). The maximum atomic E-state index is 15.3. The molecule has 1 saturated heterocycles. The van der Waals surface area contributed by atoms with E-state index in [0.717, 1.165) is 11.1 Å². The van der Waals surface area contributed by atoms with Crippen LogP contribution in [-0.2, 0) is 15.2 Å². The van der Waals surface area contributed by atoms with Gasteiger partial charge in [0.05, 0.1) is 37.2 Å². The molecule has 0 saturated carbocycles. The van der Waals surface area contributed by atoms with Crippen molar-refractivity contribution in [3.63, 3.8) is 0 Å². The van der Waals surface area contributed by atoms with Crippen molar-refractivity contribution in [1.29, 1.82) is 0 Å². The van der Waals surface area contributed by atoms with Gasteiger partial charge in [-0.15, -0.1) is 0 Å². The average Bonchev–Trinajstić information content (AvgIpc) is 3.25. The number of nitrogens with one attached hydrogen (secondary N) is 1. The highest BCUT2D eigenvalue weighted by Crippen LogP contribution is 2.36. The van der Waals surface area contributed by atoms with Crippen LogP contribution in [0, 0.1) is 6.92 Å². The molecule has 1 atom stereocenters. The number of rotatable bonds is 4. The van der Waals surface area contributed by atoms with Gasteiger partial charge in [-0.25, -0.2) is 19.0 Å². The van der Waals surface area contributed by atoms with E-state index in [-0.39, 0.29) is 24.6 Å². The van der Waals surface area contributed by atoms with E-state index in [1.165, 1.54) is 14.0 Å². The van der Waals surface area contributed by atoms with Crippen molar-refractivity contribution in [3.05, 3.63) is 35.8 Å². The number of amides is 1. The summed E-state index contributed by atoms with van der Waals surface area (Å²) in [5.41, 5.74) is 0.0158. The fraction of sp³-hybridized carbons (Fsp3) is 0.368. The predicted octanol–water partition coefficient (Wildman–Crippen LogP) is 2.68. The molecule has 4 heterocycles. The number of halogens is 1. The molecule has 1 aliphatic heterocycles. The van der Waals surface area contributed by atoms with Crippen LogP contribution in [0.4, 0.5) is 10.2 Å². The summed E-state index contributed by atoms with van der Waals surface area (Å²) < 4.78 is 27.4. The largest absolute Gasteiger partial charge is 0.497 e. The monoisotopic (exact) mass is 385 g/mol.